The van der Waals surface area contributed by atoms with E-state index in [2.05, 4.69) is 5.32 Å². The summed E-state index contributed by atoms with van der Waals surface area (Å²) in [4.78, 5) is 11.8. The second-order valence-electron chi connectivity index (χ2n) is 4.71. The van der Waals surface area contributed by atoms with Crippen LogP contribution in [0.15, 0.2) is 12.1 Å². The van der Waals surface area contributed by atoms with Crippen LogP contribution in [0.2, 0.25) is 10.0 Å². The third kappa shape index (κ3) is 3.87. The molecular formula is C13H18Cl2N2O. The number of rotatable bonds is 4. The van der Waals surface area contributed by atoms with E-state index in [1.807, 2.05) is 20.8 Å². The van der Waals surface area contributed by atoms with E-state index in [4.69, 9.17) is 28.9 Å². The standard InChI is InChI=1S/C13H18Cl2N2O/c1-7(2)10(16)6-11(18)17-13-9(14)5-4-8(3)12(13)15/h4-5,7,10H,6,16H2,1-3H3,(H,17,18). The Balaban J connectivity index is 2.79. The maximum Gasteiger partial charge on any atom is 0.226 e. The smallest absolute Gasteiger partial charge is 0.226 e. The zero-order valence-electron chi connectivity index (χ0n) is 10.8. The SMILES string of the molecule is Cc1ccc(Cl)c(NC(=O)CC(N)C(C)C)c1Cl. The third-order valence-electron chi connectivity index (χ3n) is 2.83. The number of hydrogen-bond acceptors (Lipinski definition) is 2. The number of carbonyl (C=O) groups is 1. The van der Waals surface area contributed by atoms with Gasteiger partial charge in [0, 0.05) is 12.5 Å². The summed E-state index contributed by atoms with van der Waals surface area (Å²) < 4.78 is 0. The van der Waals surface area contributed by atoms with Crippen molar-refractivity contribution in [1.29, 1.82) is 0 Å². The van der Waals surface area contributed by atoms with Crippen LogP contribution in [0.1, 0.15) is 25.8 Å². The van der Waals surface area contributed by atoms with Gasteiger partial charge in [0.25, 0.3) is 0 Å². The summed E-state index contributed by atoms with van der Waals surface area (Å²) in [7, 11) is 0. The molecule has 1 rings (SSSR count). The van der Waals surface area contributed by atoms with Crippen molar-refractivity contribution in [1.82, 2.24) is 0 Å². The van der Waals surface area contributed by atoms with Crippen LogP contribution in [-0.2, 0) is 4.79 Å². The number of halogens is 2. The largest absolute Gasteiger partial charge is 0.327 e. The number of aryl methyl sites for hydroxylation is 1. The predicted molar refractivity (Wildman–Crippen MR) is 77.3 cm³/mol. The van der Waals surface area contributed by atoms with Crippen LogP contribution in [0.4, 0.5) is 5.69 Å². The fourth-order valence-corrected chi connectivity index (χ4v) is 1.88. The first kappa shape index (κ1) is 15.3. The van der Waals surface area contributed by atoms with E-state index < -0.39 is 0 Å². The molecule has 100 valence electrons. The second-order valence-corrected chi connectivity index (χ2v) is 5.50. The van der Waals surface area contributed by atoms with Gasteiger partial charge in [-0.3, -0.25) is 4.79 Å². The van der Waals surface area contributed by atoms with Gasteiger partial charge in [0.1, 0.15) is 0 Å². The minimum atomic E-state index is -0.175. The summed E-state index contributed by atoms with van der Waals surface area (Å²) in [6.45, 7) is 5.81. The molecule has 18 heavy (non-hydrogen) atoms. The lowest BCUT2D eigenvalue weighted by Crippen LogP contribution is -2.31. The summed E-state index contributed by atoms with van der Waals surface area (Å²) in [5.74, 6) is 0.0739. The summed E-state index contributed by atoms with van der Waals surface area (Å²) in [5, 5.41) is 3.62. The van der Waals surface area contributed by atoms with Crippen molar-refractivity contribution in [3.05, 3.63) is 27.7 Å². The molecule has 1 aromatic rings. The van der Waals surface area contributed by atoms with Crippen molar-refractivity contribution in [3.8, 4) is 0 Å². The lowest BCUT2D eigenvalue weighted by atomic mass is 10.0. The lowest BCUT2D eigenvalue weighted by Gasteiger charge is -2.16. The third-order valence-corrected chi connectivity index (χ3v) is 3.63. The van der Waals surface area contributed by atoms with Crippen LogP contribution >= 0.6 is 23.2 Å². The first-order valence-electron chi connectivity index (χ1n) is 5.83. The van der Waals surface area contributed by atoms with Gasteiger partial charge in [0.2, 0.25) is 5.91 Å². The van der Waals surface area contributed by atoms with Gasteiger partial charge in [-0.15, -0.1) is 0 Å². The van der Waals surface area contributed by atoms with Gasteiger partial charge in [-0.25, -0.2) is 0 Å². The lowest BCUT2D eigenvalue weighted by molar-refractivity contribution is -0.116. The average Bonchev–Trinajstić information content (AvgIpc) is 2.29. The van der Waals surface area contributed by atoms with Gasteiger partial charge in [-0.2, -0.15) is 0 Å². The number of nitrogens with one attached hydrogen (secondary N) is 1. The molecule has 1 aromatic carbocycles. The number of amides is 1. The summed E-state index contributed by atoms with van der Waals surface area (Å²) in [5.41, 5.74) is 7.17. The van der Waals surface area contributed by atoms with E-state index in [0.29, 0.717) is 15.7 Å². The second kappa shape index (κ2) is 6.41. The molecule has 0 aliphatic heterocycles. The highest BCUT2D eigenvalue weighted by atomic mass is 35.5. The van der Waals surface area contributed by atoms with Crippen LogP contribution in [0, 0.1) is 12.8 Å². The van der Waals surface area contributed by atoms with Crippen LogP contribution in [-0.4, -0.2) is 11.9 Å². The quantitative estimate of drug-likeness (QED) is 0.889. The molecule has 3 N–H and O–H groups in total. The fraction of sp³-hybridized carbons (Fsp3) is 0.462. The van der Waals surface area contributed by atoms with Crippen molar-refractivity contribution in [2.45, 2.75) is 33.2 Å². The minimum absolute atomic E-state index is 0.174. The van der Waals surface area contributed by atoms with Gasteiger partial charge in [0.15, 0.2) is 0 Å². The van der Waals surface area contributed by atoms with E-state index in [9.17, 15) is 4.79 Å². The maximum atomic E-state index is 11.8. The Bertz CT molecular complexity index is 447. The van der Waals surface area contributed by atoms with Crippen molar-refractivity contribution in [3.63, 3.8) is 0 Å². The van der Waals surface area contributed by atoms with Gasteiger partial charge in [-0.1, -0.05) is 43.1 Å². The number of carbonyl (C=O) groups excluding carboxylic acids is 1. The van der Waals surface area contributed by atoms with Gasteiger partial charge < -0.3 is 11.1 Å². The molecule has 1 amide bonds. The molecule has 0 bridgehead atoms. The Labute approximate surface area is 118 Å². The monoisotopic (exact) mass is 288 g/mol. The molecule has 0 radical (unpaired) electrons. The van der Waals surface area contributed by atoms with Crippen molar-refractivity contribution in [2.24, 2.45) is 11.7 Å². The van der Waals surface area contributed by atoms with Gasteiger partial charge in [-0.05, 0) is 24.5 Å². The molecule has 1 unspecified atom stereocenters. The topological polar surface area (TPSA) is 55.1 Å². The summed E-state index contributed by atoms with van der Waals surface area (Å²) in [6, 6.07) is 3.34. The van der Waals surface area contributed by atoms with E-state index in [0.717, 1.165) is 5.56 Å². The Morgan fingerprint density at radius 3 is 2.56 bits per heavy atom. The fourth-order valence-electron chi connectivity index (χ4n) is 1.41. The number of benzene rings is 1. The molecule has 0 aromatic heterocycles. The van der Waals surface area contributed by atoms with Gasteiger partial charge >= 0.3 is 0 Å². The minimum Gasteiger partial charge on any atom is -0.327 e. The molecule has 0 aliphatic carbocycles. The van der Waals surface area contributed by atoms with Crippen LogP contribution in [0.5, 0.6) is 0 Å². The molecule has 0 aliphatic rings. The molecule has 0 saturated carbocycles. The Hall–Kier alpha value is -0.770. The maximum absolute atomic E-state index is 11.8. The molecular weight excluding hydrogens is 271 g/mol. The van der Waals surface area contributed by atoms with Crippen LogP contribution in [0.3, 0.4) is 0 Å². The van der Waals surface area contributed by atoms with Crippen molar-refractivity contribution < 1.29 is 4.79 Å². The highest BCUT2D eigenvalue weighted by Crippen LogP contribution is 2.32. The molecule has 0 saturated heterocycles. The Morgan fingerprint density at radius 2 is 2.00 bits per heavy atom. The van der Waals surface area contributed by atoms with Crippen LogP contribution < -0.4 is 11.1 Å². The molecule has 1 atom stereocenters. The highest BCUT2D eigenvalue weighted by molar-refractivity contribution is 6.40. The number of hydrogen-bond donors (Lipinski definition) is 2. The molecule has 0 fully saturated rings. The highest BCUT2D eigenvalue weighted by Gasteiger charge is 2.16. The molecule has 0 heterocycles. The summed E-state index contributed by atoms with van der Waals surface area (Å²) >= 11 is 12.1. The van der Waals surface area contributed by atoms with Crippen molar-refractivity contribution in [2.75, 3.05) is 5.32 Å². The molecule has 5 heteroatoms. The number of anilines is 1. The number of nitrogens with two attached hydrogens (primary N) is 1. The zero-order valence-corrected chi connectivity index (χ0v) is 12.3. The Kier molecular flexibility index (Phi) is 5.45. The molecule has 0 spiro atoms. The zero-order chi connectivity index (χ0) is 13.9. The summed E-state index contributed by atoms with van der Waals surface area (Å²) in [6.07, 6.45) is 0.248. The van der Waals surface area contributed by atoms with E-state index in [1.165, 1.54) is 0 Å². The van der Waals surface area contributed by atoms with E-state index in [-0.39, 0.29) is 24.3 Å². The normalized spacial score (nSPS) is 12.6. The Morgan fingerprint density at radius 1 is 1.39 bits per heavy atom. The van der Waals surface area contributed by atoms with E-state index >= 15 is 0 Å². The van der Waals surface area contributed by atoms with Crippen LogP contribution in [0.25, 0.3) is 0 Å². The van der Waals surface area contributed by atoms with Crippen molar-refractivity contribution >= 4 is 34.8 Å². The van der Waals surface area contributed by atoms with E-state index in [1.54, 1.807) is 12.1 Å². The average molecular weight is 289 g/mol. The first-order valence-corrected chi connectivity index (χ1v) is 6.58. The first-order chi connectivity index (χ1) is 8.32. The van der Waals surface area contributed by atoms with Gasteiger partial charge in [0.05, 0.1) is 15.7 Å². The predicted octanol–water partition coefficient (Wildman–Crippen LogP) is 3.61. The molecule has 3 nitrogen and oxygen atoms in total.